The maximum absolute atomic E-state index is 6.25. The van der Waals surface area contributed by atoms with Gasteiger partial charge in [-0.2, -0.15) is 5.10 Å². The molecular weight excluding hydrogens is 432 g/mol. The maximum atomic E-state index is 6.25. The van der Waals surface area contributed by atoms with Crippen LogP contribution in [-0.2, 0) is 13.0 Å². The standard InChI is InChI=1S/C26H28N4O2S/c1-3-23(22-16-29-30-17(22)2)27-14-21-15-28-26(33-21)31-20-10-12-25-19(13-20)9-11-24(32-25)18-7-5-4-6-8-18/h4-8,10,12-13,15-16,23-24,27H,3,9,11,14H2,1-2H3,(H,29,30). The highest BCUT2D eigenvalue weighted by atomic mass is 32.1. The SMILES string of the molecule is CCC(NCc1cnc(Oc2ccc3c(c2)CCC(c2ccccc2)O3)s1)c1cn[nH]c1C. The number of thiazole rings is 1. The first-order chi connectivity index (χ1) is 16.2. The number of fused-ring (bicyclic) bond motifs is 1. The van der Waals surface area contributed by atoms with Crippen LogP contribution in [0.15, 0.2) is 60.9 Å². The summed E-state index contributed by atoms with van der Waals surface area (Å²) in [6.45, 7) is 4.97. The van der Waals surface area contributed by atoms with E-state index in [0.29, 0.717) is 5.19 Å². The molecule has 0 spiro atoms. The van der Waals surface area contributed by atoms with E-state index in [-0.39, 0.29) is 12.1 Å². The summed E-state index contributed by atoms with van der Waals surface area (Å²) in [4.78, 5) is 5.60. The van der Waals surface area contributed by atoms with Gasteiger partial charge in [-0.3, -0.25) is 5.10 Å². The van der Waals surface area contributed by atoms with Crippen LogP contribution in [-0.4, -0.2) is 15.2 Å². The summed E-state index contributed by atoms with van der Waals surface area (Å²) in [5.41, 5.74) is 4.72. The van der Waals surface area contributed by atoms with Crippen molar-refractivity contribution in [3.63, 3.8) is 0 Å². The molecule has 2 unspecified atom stereocenters. The smallest absolute Gasteiger partial charge is 0.278 e. The highest BCUT2D eigenvalue weighted by Crippen LogP contribution is 2.38. The van der Waals surface area contributed by atoms with Gasteiger partial charge in [0.25, 0.3) is 5.19 Å². The molecule has 0 fully saturated rings. The van der Waals surface area contributed by atoms with Gasteiger partial charge in [0.15, 0.2) is 0 Å². The van der Waals surface area contributed by atoms with E-state index in [1.807, 2.05) is 30.6 Å². The molecule has 33 heavy (non-hydrogen) atoms. The molecule has 3 heterocycles. The van der Waals surface area contributed by atoms with Gasteiger partial charge in [0.05, 0.1) is 6.20 Å². The fourth-order valence-corrected chi connectivity index (χ4v) is 4.99. The predicted molar refractivity (Wildman–Crippen MR) is 130 cm³/mol. The van der Waals surface area contributed by atoms with E-state index >= 15 is 0 Å². The summed E-state index contributed by atoms with van der Waals surface area (Å²) in [6, 6.07) is 16.7. The number of aromatic nitrogens is 3. The van der Waals surface area contributed by atoms with Crippen LogP contribution < -0.4 is 14.8 Å². The third-order valence-corrected chi connectivity index (χ3v) is 6.94. The van der Waals surface area contributed by atoms with Crippen LogP contribution in [0.3, 0.4) is 0 Å². The molecule has 5 rings (SSSR count). The van der Waals surface area contributed by atoms with Crippen LogP contribution in [0.4, 0.5) is 0 Å². The maximum Gasteiger partial charge on any atom is 0.278 e. The second kappa shape index (κ2) is 9.77. The van der Waals surface area contributed by atoms with Crippen molar-refractivity contribution in [3.05, 3.63) is 88.2 Å². The number of aryl methyl sites for hydroxylation is 2. The van der Waals surface area contributed by atoms with E-state index in [1.54, 1.807) is 11.3 Å². The monoisotopic (exact) mass is 460 g/mol. The molecule has 1 aliphatic heterocycles. The van der Waals surface area contributed by atoms with Gasteiger partial charge >= 0.3 is 0 Å². The van der Waals surface area contributed by atoms with E-state index in [9.17, 15) is 0 Å². The second-order valence-electron chi connectivity index (χ2n) is 8.31. The van der Waals surface area contributed by atoms with Crippen LogP contribution >= 0.6 is 11.3 Å². The van der Waals surface area contributed by atoms with Gasteiger partial charge in [-0.05, 0) is 55.5 Å². The molecular formula is C26H28N4O2S. The Kier molecular flexibility index (Phi) is 6.41. The molecule has 2 atom stereocenters. The molecule has 2 N–H and O–H groups in total. The lowest BCUT2D eigenvalue weighted by Crippen LogP contribution is -2.20. The fourth-order valence-electron chi connectivity index (χ4n) is 4.26. The molecule has 0 saturated heterocycles. The number of aromatic amines is 1. The van der Waals surface area contributed by atoms with Gasteiger partial charge in [0.1, 0.15) is 17.6 Å². The summed E-state index contributed by atoms with van der Waals surface area (Å²) in [5, 5.41) is 11.4. The third-order valence-electron chi connectivity index (χ3n) is 6.06. The number of nitrogens with one attached hydrogen (secondary N) is 2. The average molecular weight is 461 g/mol. The Bertz CT molecular complexity index is 1200. The topological polar surface area (TPSA) is 72.1 Å². The molecule has 2 aromatic carbocycles. The van der Waals surface area contributed by atoms with Crippen molar-refractivity contribution in [2.24, 2.45) is 0 Å². The quantitative estimate of drug-likeness (QED) is 0.324. The summed E-state index contributed by atoms with van der Waals surface area (Å²) in [7, 11) is 0. The first-order valence-corrected chi connectivity index (χ1v) is 12.2. The third kappa shape index (κ3) is 4.94. The normalized spacial score (nSPS) is 16.1. The van der Waals surface area contributed by atoms with Crippen molar-refractivity contribution >= 4 is 11.3 Å². The largest absolute Gasteiger partial charge is 0.485 e. The lowest BCUT2D eigenvalue weighted by Gasteiger charge is -2.26. The molecule has 0 amide bonds. The number of rotatable bonds is 8. The molecule has 2 aromatic heterocycles. The summed E-state index contributed by atoms with van der Waals surface area (Å²) < 4.78 is 12.3. The lowest BCUT2D eigenvalue weighted by atomic mass is 9.97. The van der Waals surface area contributed by atoms with Crippen LogP contribution in [0.5, 0.6) is 16.7 Å². The Morgan fingerprint density at radius 3 is 2.88 bits per heavy atom. The molecule has 0 saturated carbocycles. The van der Waals surface area contributed by atoms with Crippen molar-refractivity contribution in [2.75, 3.05) is 0 Å². The van der Waals surface area contributed by atoms with E-state index in [0.717, 1.165) is 47.9 Å². The van der Waals surface area contributed by atoms with Crippen molar-refractivity contribution in [2.45, 2.75) is 51.8 Å². The minimum atomic E-state index is 0.109. The zero-order valence-electron chi connectivity index (χ0n) is 18.9. The molecule has 7 heteroatoms. The molecule has 6 nitrogen and oxygen atoms in total. The van der Waals surface area contributed by atoms with Crippen LogP contribution in [0.1, 0.15) is 59.2 Å². The number of ether oxygens (including phenoxy) is 2. The molecule has 1 aliphatic rings. The Morgan fingerprint density at radius 2 is 2.09 bits per heavy atom. The highest BCUT2D eigenvalue weighted by Gasteiger charge is 2.22. The van der Waals surface area contributed by atoms with Crippen molar-refractivity contribution in [3.8, 4) is 16.7 Å². The van der Waals surface area contributed by atoms with Gasteiger partial charge in [-0.15, -0.1) is 0 Å². The Labute approximate surface area is 198 Å². The zero-order chi connectivity index (χ0) is 22.6. The van der Waals surface area contributed by atoms with E-state index < -0.39 is 0 Å². The highest BCUT2D eigenvalue weighted by molar-refractivity contribution is 7.13. The zero-order valence-corrected chi connectivity index (χ0v) is 19.7. The van der Waals surface area contributed by atoms with Crippen molar-refractivity contribution < 1.29 is 9.47 Å². The number of hydrogen-bond acceptors (Lipinski definition) is 6. The number of hydrogen-bond donors (Lipinski definition) is 2. The predicted octanol–water partition coefficient (Wildman–Crippen LogP) is 6.27. The Hall–Kier alpha value is -3.16. The minimum Gasteiger partial charge on any atom is -0.485 e. The van der Waals surface area contributed by atoms with Gasteiger partial charge < -0.3 is 14.8 Å². The van der Waals surface area contributed by atoms with E-state index in [2.05, 4.69) is 64.7 Å². The fraction of sp³-hybridized carbons (Fsp3) is 0.308. The number of nitrogens with zero attached hydrogens (tertiary/aromatic N) is 2. The second-order valence-corrected chi connectivity index (χ2v) is 9.39. The first-order valence-electron chi connectivity index (χ1n) is 11.4. The summed E-state index contributed by atoms with van der Waals surface area (Å²) in [6.07, 6.45) is 6.81. The molecule has 4 aromatic rings. The Balaban J connectivity index is 1.20. The van der Waals surface area contributed by atoms with Gasteiger partial charge in [0.2, 0.25) is 0 Å². The molecule has 0 aliphatic carbocycles. The van der Waals surface area contributed by atoms with Crippen LogP contribution in [0.25, 0.3) is 0 Å². The van der Waals surface area contributed by atoms with Crippen molar-refractivity contribution in [1.82, 2.24) is 20.5 Å². The van der Waals surface area contributed by atoms with E-state index in [4.69, 9.17) is 9.47 Å². The number of benzene rings is 2. The van der Waals surface area contributed by atoms with E-state index in [1.165, 1.54) is 16.7 Å². The van der Waals surface area contributed by atoms with Gasteiger partial charge in [0, 0.05) is 34.9 Å². The van der Waals surface area contributed by atoms with Crippen LogP contribution in [0, 0.1) is 6.92 Å². The van der Waals surface area contributed by atoms with Gasteiger partial charge in [-0.25, -0.2) is 4.98 Å². The van der Waals surface area contributed by atoms with Crippen molar-refractivity contribution in [1.29, 1.82) is 0 Å². The number of H-pyrrole nitrogens is 1. The summed E-state index contributed by atoms with van der Waals surface area (Å²) >= 11 is 1.57. The molecule has 0 radical (unpaired) electrons. The van der Waals surface area contributed by atoms with Crippen LogP contribution in [0.2, 0.25) is 0 Å². The minimum absolute atomic E-state index is 0.109. The first kappa shape index (κ1) is 21.7. The lowest BCUT2D eigenvalue weighted by molar-refractivity contribution is 0.176. The molecule has 170 valence electrons. The summed E-state index contributed by atoms with van der Waals surface area (Å²) in [5.74, 6) is 1.73. The molecule has 0 bridgehead atoms. The van der Waals surface area contributed by atoms with Gasteiger partial charge in [-0.1, -0.05) is 48.6 Å². The average Bonchev–Trinajstić information content (AvgIpc) is 3.48. The Morgan fingerprint density at radius 1 is 1.21 bits per heavy atom.